The number of ether oxygens (including phenoxy) is 2. The maximum Gasteiger partial charge on any atom is 0.346 e. The summed E-state index contributed by atoms with van der Waals surface area (Å²) >= 11 is 0. The summed E-state index contributed by atoms with van der Waals surface area (Å²) in [5, 5.41) is 4.63. The van der Waals surface area contributed by atoms with Crippen molar-refractivity contribution >= 4 is 0 Å². The summed E-state index contributed by atoms with van der Waals surface area (Å²) in [4.78, 5) is 12.7. The molecule has 140 valence electrons. The van der Waals surface area contributed by atoms with Crippen molar-refractivity contribution in [1.29, 1.82) is 0 Å². The Balaban J connectivity index is 1.52. The molecule has 1 aromatic heterocycles. The number of aromatic nitrogens is 3. The lowest BCUT2D eigenvalue weighted by atomic mass is 9.92. The van der Waals surface area contributed by atoms with Crippen molar-refractivity contribution in [3.63, 3.8) is 0 Å². The number of nitrogens with zero attached hydrogens (tertiary/aromatic N) is 3. The zero-order chi connectivity index (χ0) is 17.9. The lowest BCUT2D eigenvalue weighted by Gasteiger charge is -2.18. The van der Waals surface area contributed by atoms with E-state index in [9.17, 15) is 4.79 Å². The summed E-state index contributed by atoms with van der Waals surface area (Å²) in [5.41, 5.74) is 1.17. The fourth-order valence-corrected chi connectivity index (χ4v) is 3.68. The Kier molecular flexibility index (Phi) is 5.22. The second kappa shape index (κ2) is 7.76. The molecule has 1 aliphatic carbocycles. The molecule has 26 heavy (non-hydrogen) atoms. The van der Waals surface area contributed by atoms with E-state index in [0.29, 0.717) is 26.3 Å². The van der Waals surface area contributed by atoms with E-state index in [2.05, 4.69) is 17.2 Å². The number of hydrogen-bond donors (Lipinski definition) is 0. The van der Waals surface area contributed by atoms with Crippen LogP contribution in [-0.2, 0) is 22.6 Å². The molecule has 2 atom stereocenters. The van der Waals surface area contributed by atoms with E-state index in [0.717, 1.165) is 24.8 Å². The molecule has 1 aliphatic heterocycles. The lowest BCUT2D eigenvalue weighted by Crippen LogP contribution is -2.27. The average molecular weight is 357 g/mol. The van der Waals surface area contributed by atoms with Crippen LogP contribution < -0.4 is 5.69 Å². The number of hydrogen-bond acceptors (Lipinski definition) is 4. The summed E-state index contributed by atoms with van der Waals surface area (Å²) in [6.07, 6.45) is 3.33. The Morgan fingerprint density at radius 1 is 1.23 bits per heavy atom. The zero-order valence-electron chi connectivity index (χ0n) is 15.3. The first-order chi connectivity index (χ1) is 12.8. The van der Waals surface area contributed by atoms with Gasteiger partial charge in [-0.2, -0.15) is 5.10 Å². The predicted molar refractivity (Wildman–Crippen MR) is 98.2 cm³/mol. The summed E-state index contributed by atoms with van der Waals surface area (Å²) in [7, 11) is 0. The standard InChI is InChI=1S/C20H27N3O3/c1-2-22-19(18-17(10-12-26-18)16-6-4-3-5-7-16)21-23(20(22)24)11-13-25-14-15-8-9-15/h3-7,15,17-18H,2,8-14H2,1H3/t17-,18-/m0/s1. The van der Waals surface area contributed by atoms with E-state index in [-0.39, 0.29) is 17.7 Å². The van der Waals surface area contributed by atoms with Crippen molar-refractivity contribution < 1.29 is 9.47 Å². The third-order valence-electron chi connectivity index (χ3n) is 5.34. The molecule has 0 unspecified atom stereocenters. The molecule has 0 radical (unpaired) electrons. The SMILES string of the molecule is CCn1c([C@H]2OCC[C@H]2c2ccccc2)nn(CCOCC2CC2)c1=O. The van der Waals surface area contributed by atoms with Crippen LogP contribution in [0.2, 0.25) is 0 Å². The van der Waals surface area contributed by atoms with E-state index in [4.69, 9.17) is 9.47 Å². The van der Waals surface area contributed by atoms with Crippen LogP contribution in [0, 0.1) is 5.92 Å². The van der Waals surface area contributed by atoms with Gasteiger partial charge in [-0.05, 0) is 37.7 Å². The van der Waals surface area contributed by atoms with Gasteiger partial charge in [0.1, 0.15) is 6.10 Å². The minimum atomic E-state index is -0.168. The van der Waals surface area contributed by atoms with E-state index in [1.54, 1.807) is 4.57 Å². The van der Waals surface area contributed by atoms with Gasteiger partial charge in [0, 0.05) is 25.7 Å². The van der Waals surface area contributed by atoms with Crippen LogP contribution in [0.3, 0.4) is 0 Å². The van der Waals surface area contributed by atoms with Gasteiger partial charge in [0.25, 0.3) is 0 Å². The van der Waals surface area contributed by atoms with Gasteiger partial charge in [0.15, 0.2) is 5.82 Å². The van der Waals surface area contributed by atoms with Gasteiger partial charge < -0.3 is 9.47 Å². The first-order valence-electron chi connectivity index (χ1n) is 9.69. The monoisotopic (exact) mass is 357 g/mol. The Morgan fingerprint density at radius 2 is 2.04 bits per heavy atom. The van der Waals surface area contributed by atoms with Crippen LogP contribution >= 0.6 is 0 Å². The van der Waals surface area contributed by atoms with Gasteiger partial charge in [0.05, 0.1) is 13.2 Å². The van der Waals surface area contributed by atoms with Crippen molar-refractivity contribution in [3.05, 3.63) is 52.2 Å². The Labute approximate surface area is 153 Å². The van der Waals surface area contributed by atoms with Crippen molar-refractivity contribution in [2.24, 2.45) is 5.92 Å². The highest BCUT2D eigenvalue weighted by Gasteiger charge is 2.35. The van der Waals surface area contributed by atoms with E-state index >= 15 is 0 Å². The normalized spacial score (nSPS) is 22.8. The molecular formula is C20H27N3O3. The van der Waals surface area contributed by atoms with Crippen LogP contribution in [0.4, 0.5) is 0 Å². The van der Waals surface area contributed by atoms with E-state index in [1.807, 2.05) is 25.1 Å². The Bertz CT molecular complexity index is 779. The molecule has 0 bridgehead atoms. The van der Waals surface area contributed by atoms with Gasteiger partial charge >= 0.3 is 5.69 Å². The zero-order valence-corrected chi connectivity index (χ0v) is 15.3. The van der Waals surface area contributed by atoms with Crippen LogP contribution in [0.15, 0.2) is 35.1 Å². The third kappa shape index (κ3) is 3.62. The second-order valence-electron chi connectivity index (χ2n) is 7.22. The van der Waals surface area contributed by atoms with Crippen LogP contribution in [0.5, 0.6) is 0 Å². The second-order valence-corrected chi connectivity index (χ2v) is 7.22. The van der Waals surface area contributed by atoms with Crippen LogP contribution in [-0.4, -0.2) is 34.2 Å². The summed E-state index contributed by atoms with van der Waals surface area (Å²) in [6.45, 7) is 5.10. The van der Waals surface area contributed by atoms with Crippen molar-refractivity contribution in [3.8, 4) is 0 Å². The minimum absolute atomic E-state index is 0.0696. The largest absolute Gasteiger partial charge is 0.379 e. The molecule has 0 N–H and O–H groups in total. The molecular weight excluding hydrogens is 330 g/mol. The van der Waals surface area contributed by atoms with Crippen LogP contribution in [0.1, 0.15) is 49.6 Å². The number of rotatable bonds is 8. The highest BCUT2D eigenvalue weighted by molar-refractivity contribution is 5.23. The Morgan fingerprint density at radius 3 is 2.77 bits per heavy atom. The molecule has 1 saturated carbocycles. The summed E-state index contributed by atoms with van der Waals surface area (Å²) in [5.74, 6) is 1.71. The average Bonchev–Trinajstić information content (AvgIpc) is 3.27. The molecule has 1 aromatic carbocycles. The molecule has 2 aliphatic rings. The predicted octanol–water partition coefficient (Wildman–Crippen LogP) is 2.74. The highest BCUT2D eigenvalue weighted by Crippen LogP contribution is 2.40. The smallest absolute Gasteiger partial charge is 0.346 e. The molecule has 2 aromatic rings. The molecule has 4 rings (SSSR count). The first kappa shape index (κ1) is 17.5. The van der Waals surface area contributed by atoms with E-state index in [1.165, 1.54) is 23.1 Å². The third-order valence-corrected chi connectivity index (χ3v) is 5.34. The topological polar surface area (TPSA) is 58.3 Å². The maximum absolute atomic E-state index is 12.7. The molecule has 0 spiro atoms. The van der Waals surface area contributed by atoms with Gasteiger partial charge in [0.2, 0.25) is 0 Å². The minimum Gasteiger partial charge on any atom is -0.379 e. The molecule has 6 heteroatoms. The van der Waals surface area contributed by atoms with E-state index < -0.39 is 0 Å². The van der Waals surface area contributed by atoms with Gasteiger partial charge in [-0.25, -0.2) is 9.48 Å². The van der Waals surface area contributed by atoms with Crippen molar-refractivity contribution in [2.45, 2.75) is 51.3 Å². The highest BCUT2D eigenvalue weighted by atomic mass is 16.5. The van der Waals surface area contributed by atoms with Gasteiger partial charge in [-0.1, -0.05) is 30.3 Å². The first-order valence-corrected chi connectivity index (χ1v) is 9.69. The molecule has 6 nitrogen and oxygen atoms in total. The summed E-state index contributed by atoms with van der Waals surface area (Å²) in [6, 6.07) is 10.4. The molecule has 2 fully saturated rings. The quantitative estimate of drug-likeness (QED) is 0.682. The van der Waals surface area contributed by atoms with Crippen molar-refractivity contribution in [2.75, 3.05) is 19.8 Å². The fourth-order valence-electron chi connectivity index (χ4n) is 3.68. The number of benzene rings is 1. The van der Waals surface area contributed by atoms with Crippen LogP contribution in [0.25, 0.3) is 0 Å². The van der Waals surface area contributed by atoms with Gasteiger partial charge in [-0.3, -0.25) is 4.57 Å². The molecule has 2 heterocycles. The van der Waals surface area contributed by atoms with Gasteiger partial charge in [-0.15, -0.1) is 0 Å². The molecule has 0 amide bonds. The van der Waals surface area contributed by atoms with Crippen molar-refractivity contribution in [1.82, 2.24) is 14.3 Å². The maximum atomic E-state index is 12.7. The fraction of sp³-hybridized carbons (Fsp3) is 0.600. The lowest BCUT2D eigenvalue weighted by molar-refractivity contribution is 0.0924. The molecule has 1 saturated heterocycles. The summed E-state index contributed by atoms with van der Waals surface area (Å²) < 4.78 is 15.0. The Hall–Kier alpha value is -1.92.